The molecule has 2 heterocycles. The maximum absolute atomic E-state index is 12.9. The van der Waals surface area contributed by atoms with E-state index in [1.807, 2.05) is 71.0 Å². The monoisotopic (exact) mass is 348 g/mol. The summed E-state index contributed by atoms with van der Waals surface area (Å²) in [5.41, 5.74) is 2.03. The molecule has 1 aromatic heterocycles. The largest absolute Gasteiger partial charge is 0.497 e. The van der Waals surface area contributed by atoms with Crippen molar-refractivity contribution in [1.29, 1.82) is 0 Å². The molecule has 0 saturated heterocycles. The highest BCUT2D eigenvalue weighted by Crippen LogP contribution is 2.29. The number of fused-ring (bicyclic) bond motifs is 1. The second kappa shape index (κ2) is 6.63. The van der Waals surface area contributed by atoms with E-state index in [1.54, 1.807) is 7.11 Å². The Balaban J connectivity index is 1.64. The molecular formula is C20H20N4O2. The minimum atomic E-state index is -0.338. The Morgan fingerprint density at radius 2 is 1.81 bits per heavy atom. The summed E-state index contributed by atoms with van der Waals surface area (Å²) in [5, 5.41) is 8.68. The van der Waals surface area contributed by atoms with Crippen molar-refractivity contribution >= 4 is 5.91 Å². The lowest BCUT2D eigenvalue weighted by atomic mass is 10.1. The van der Waals surface area contributed by atoms with Crippen LogP contribution in [-0.4, -0.2) is 32.7 Å². The number of aromatic nitrogens is 3. The molecule has 0 aliphatic carbocycles. The van der Waals surface area contributed by atoms with Crippen molar-refractivity contribution in [3.05, 3.63) is 66.0 Å². The zero-order valence-electron chi connectivity index (χ0n) is 14.8. The molecule has 1 atom stereocenters. The smallest absolute Gasteiger partial charge is 0.246 e. The van der Waals surface area contributed by atoms with Crippen LogP contribution in [0.5, 0.6) is 5.75 Å². The first-order valence-electron chi connectivity index (χ1n) is 8.58. The number of hydrogen-bond donors (Lipinski definition) is 0. The van der Waals surface area contributed by atoms with Crippen molar-refractivity contribution in [2.24, 2.45) is 0 Å². The van der Waals surface area contributed by atoms with E-state index in [0.29, 0.717) is 18.9 Å². The maximum atomic E-state index is 12.9. The van der Waals surface area contributed by atoms with Crippen molar-refractivity contribution in [3.8, 4) is 17.1 Å². The number of carbonyl (C=O) groups excluding carboxylic acids is 1. The normalized spacial score (nSPS) is 16.5. The van der Waals surface area contributed by atoms with Gasteiger partial charge < -0.3 is 9.64 Å². The molecule has 1 aliphatic rings. The Morgan fingerprint density at radius 1 is 1.08 bits per heavy atom. The standard InChI is InChI=1S/C20H20N4O2/c1-14-20(25)23(12-15-6-4-3-5-7-15)13-18-21-22-19(24(14)18)16-8-10-17(26-2)11-9-16/h3-11,14H,12-13H2,1-2H3/t14-/m0/s1. The first-order valence-corrected chi connectivity index (χ1v) is 8.58. The Labute approximate surface area is 152 Å². The Hall–Kier alpha value is -3.15. The third-order valence-corrected chi connectivity index (χ3v) is 4.72. The fourth-order valence-corrected chi connectivity index (χ4v) is 3.34. The lowest BCUT2D eigenvalue weighted by Gasteiger charge is -2.32. The Kier molecular flexibility index (Phi) is 4.16. The zero-order chi connectivity index (χ0) is 18.1. The average Bonchev–Trinajstić information content (AvgIpc) is 3.11. The van der Waals surface area contributed by atoms with E-state index in [-0.39, 0.29) is 11.9 Å². The molecule has 26 heavy (non-hydrogen) atoms. The van der Waals surface area contributed by atoms with Gasteiger partial charge in [-0.15, -0.1) is 10.2 Å². The summed E-state index contributed by atoms with van der Waals surface area (Å²) < 4.78 is 7.14. The van der Waals surface area contributed by atoms with Crippen LogP contribution in [0.3, 0.4) is 0 Å². The van der Waals surface area contributed by atoms with Crippen LogP contribution < -0.4 is 4.74 Å². The van der Waals surface area contributed by atoms with Gasteiger partial charge >= 0.3 is 0 Å². The Bertz CT molecular complexity index is 919. The summed E-state index contributed by atoms with van der Waals surface area (Å²) in [5.74, 6) is 2.38. The number of rotatable bonds is 4. The van der Waals surface area contributed by atoms with Crippen molar-refractivity contribution in [1.82, 2.24) is 19.7 Å². The van der Waals surface area contributed by atoms with E-state index in [1.165, 1.54) is 0 Å². The fraction of sp³-hybridized carbons (Fsp3) is 0.250. The molecule has 1 aliphatic heterocycles. The molecule has 4 rings (SSSR count). The van der Waals surface area contributed by atoms with Gasteiger partial charge in [-0.3, -0.25) is 9.36 Å². The zero-order valence-corrected chi connectivity index (χ0v) is 14.8. The highest BCUT2D eigenvalue weighted by molar-refractivity contribution is 5.82. The van der Waals surface area contributed by atoms with Gasteiger partial charge in [0.2, 0.25) is 5.91 Å². The van der Waals surface area contributed by atoms with Crippen LogP contribution in [0.15, 0.2) is 54.6 Å². The molecular weight excluding hydrogens is 328 g/mol. The number of benzene rings is 2. The van der Waals surface area contributed by atoms with Gasteiger partial charge in [0.15, 0.2) is 11.6 Å². The third-order valence-electron chi connectivity index (χ3n) is 4.72. The summed E-state index contributed by atoms with van der Waals surface area (Å²) in [6.45, 7) is 2.94. The van der Waals surface area contributed by atoms with Crippen molar-refractivity contribution in [2.75, 3.05) is 7.11 Å². The van der Waals surface area contributed by atoms with Gasteiger partial charge in [-0.2, -0.15) is 0 Å². The molecule has 0 spiro atoms. The molecule has 2 aromatic carbocycles. The second-order valence-corrected chi connectivity index (χ2v) is 6.39. The van der Waals surface area contributed by atoms with Crippen molar-refractivity contribution in [2.45, 2.75) is 26.1 Å². The minimum Gasteiger partial charge on any atom is -0.497 e. The number of nitrogens with zero attached hydrogens (tertiary/aromatic N) is 4. The first kappa shape index (κ1) is 16.3. The second-order valence-electron chi connectivity index (χ2n) is 6.39. The highest BCUT2D eigenvalue weighted by atomic mass is 16.5. The molecule has 0 radical (unpaired) electrons. The van der Waals surface area contributed by atoms with Crippen molar-refractivity contribution in [3.63, 3.8) is 0 Å². The molecule has 6 nitrogen and oxygen atoms in total. The van der Waals surface area contributed by atoms with Gasteiger partial charge in [-0.25, -0.2) is 0 Å². The lowest BCUT2D eigenvalue weighted by Crippen LogP contribution is -2.41. The summed E-state index contributed by atoms with van der Waals surface area (Å²) in [7, 11) is 1.63. The Morgan fingerprint density at radius 3 is 2.50 bits per heavy atom. The van der Waals surface area contributed by atoms with Crippen LogP contribution >= 0.6 is 0 Å². The molecule has 0 fully saturated rings. The average molecular weight is 348 g/mol. The van der Waals surface area contributed by atoms with Crippen LogP contribution in [0, 0.1) is 0 Å². The fourth-order valence-electron chi connectivity index (χ4n) is 3.34. The van der Waals surface area contributed by atoms with E-state index >= 15 is 0 Å². The van der Waals surface area contributed by atoms with Gasteiger partial charge in [0.05, 0.1) is 13.7 Å². The molecule has 1 amide bonds. The topological polar surface area (TPSA) is 60.3 Å². The SMILES string of the molecule is COc1ccc(-c2nnc3n2[C@@H](C)C(=O)N(Cc2ccccc2)C3)cc1. The number of carbonyl (C=O) groups is 1. The van der Waals surface area contributed by atoms with Gasteiger partial charge in [0.25, 0.3) is 0 Å². The summed E-state index contributed by atoms with van der Waals surface area (Å²) in [4.78, 5) is 14.7. The lowest BCUT2D eigenvalue weighted by molar-refractivity contribution is -0.137. The number of amides is 1. The molecule has 3 aromatic rings. The van der Waals surface area contributed by atoms with Gasteiger partial charge in [-0.1, -0.05) is 30.3 Å². The molecule has 0 N–H and O–H groups in total. The van der Waals surface area contributed by atoms with Crippen LogP contribution in [0.1, 0.15) is 24.4 Å². The molecule has 0 unspecified atom stereocenters. The molecule has 0 bridgehead atoms. The van der Waals surface area contributed by atoms with Gasteiger partial charge in [0.1, 0.15) is 11.8 Å². The summed E-state index contributed by atoms with van der Waals surface area (Å²) in [6, 6.07) is 17.3. The van der Waals surface area contributed by atoms with Gasteiger partial charge in [0, 0.05) is 12.1 Å². The first-order chi connectivity index (χ1) is 12.7. The maximum Gasteiger partial charge on any atom is 0.246 e. The van der Waals surface area contributed by atoms with E-state index < -0.39 is 0 Å². The highest BCUT2D eigenvalue weighted by Gasteiger charge is 2.33. The number of hydrogen-bond acceptors (Lipinski definition) is 4. The van der Waals surface area contributed by atoms with Crippen molar-refractivity contribution < 1.29 is 9.53 Å². The van der Waals surface area contributed by atoms with E-state index in [4.69, 9.17) is 4.74 Å². The summed E-state index contributed by atoms with van der Waals surface area (Å²) in [6.07, 6.45) is 0. The van der Waals surface area contributed by atoms with Crippen LogP contribution in [0.2, 0.25) is 0 Å². The number of ether oxygens (including phenoxy) is 1. The molecule has 132 valence electrons. The van der Waals surface area contributed by atoms with E-state index in [0.717, 1.165) is 22.7 Å². The molecule has 6 heteroatoms. The van der Waals surface area contributed by atoms with E-state index in [9.17, 15) is 4.79 Å². The summed E-state index contributed by atoms with van der Waals surface area (Å²) >= 11 is 0. The van der Waals surface area contributed by atoms with Crippen LogP contribution in [0.25, 0.3) is 11.4 Å². The predicted octanol–water partition coefficient (Wildman–Crippen LogP) is 3.06. The third kappa shape index (κ3) is 2.83. The quantitative estimate of drug-likeness (QED) is 0.727. The van der Waals surface area contributed by atoms with E-state index in [2.05, 4.69) is 10.2 Å². The predicted molar refractivity (Wildman–Crippen MR) is 97.4 cm³/mol. The van der Waals surface area contributed by atoms with Crippen LogP contribution in [0.4, 0.5) is 0 Å². The van der Waals surface area contributed by atoms with Gasteiger partial charge in [-0.05, 0) is 36.8 Å². The molecule has 0 saturated carbocycles. The minimum absolute atomic E-state index is 0.0796. The van der Waals surface area contributed by atoms with Crippen LogP contribution in [-0.2, 0) is 17.9 Å². The number of methoxy groups -OCH3 is 1.